The van der Waals surface area contributed by atoms with E-state index in [0.717, 1.165) is 23.9 Å². The second-order valence-electron chi connectivity index (χ2n) is 4.96. The number of hydrogen-bond acceptors (Lipinski definition) is 6. The van der Waals surface area contributed by atoms with Crippen LogP contribution < -0.4 is 4.74 Å². The van der Waals surface area contributed by atoms with E-state index in [1.165, 1.54) is 0 Å². The van der Waals surface area contributed by atoms with Crippen LogP contribution in [0.1, 0.15) is 13.3 Å². The van der Waals surface area contributed by atoms with Crippen LogP contribution in [0.5, 0.6) is 6.01 Å². The summed E-state index contributed by atoms with van der Waals surface area (Å²) in [5, 5.41) is 0.990. The Morgan fingerprint density at radius 1 is 1.32 bits per heavy atom. The van der Waals surface area contributed by atoms with Crippen LogP contribution in [0.2, 0.25) is 0 Å². The van der Waals surface area contributed by atoms with Gasteiger partial charge in [-0.3, -0.25) is 9.69 Å². The average molecular weight is 303 g/mol. The Kier molecular flexibility index (Phi) is 6.09. The fraction of sp³-hybridized carbons (Fsp3) is 0.438. The molecule has 22 heavy (non-hydrogen) atoms. The highest BCUT2D eigenvalue weighted by Gasteiger charge is 2.07. The molecule has 0 N–H and O–H groups in total. The van der Waals surface area contributed by atoms with Gasteiger partial charge in [0.2, 0.25) is 0 Å². The second kappa shape index (κ2) is 8.29. The highest BCUT2D eigenvalue weighted by Crippen LogP contribution is 2.12. The van der Waals surface area contributed by atoms with E-state index in [1.807, 2.05) is 36.2 Å². The van der Waals surface area contributed by atoms with Crippen LogP contribution in [0.15, 0.2) is 30.5 Å². The number of para-hydroxylation sites is 1. The summed E-state index contributed by atoms with van der Waals surface area (Å²) in [4.78, 5) is 21.7. The molecule has 6 nitrogen and oxygen atoms in total. The van der Waals surface area contributed by atoms with Crippen molar-refractivity contribution in [3.05, 3.63) is 30.5 Å². The summed E-state index contributed by atoms with van der Waals surface area (Å²) in [7, 11) is 1.88. The van der Waals surface area contributed by atoms with Crippen molar-refractivity contribution in [2.75, 3.05) is 33.4 Å². The Bertz CT molecular complexity index is 618. The highest BCUT2D eigenvalue weighted by molar-refractivity contribution is 5.77. The summed E-state index contributed by atoms with van der Waals surface area (Å²) in [6.07, 6.45) is 2.54. The van der Waals surface area contributed by atoms with Crippen molar-refractivity contribution in [2.45, 2.75) is 13.3 Å². The van der Waals surface area contributed by atoms with E-state index in [0.29, 0.717) is 25.8 Å². The summed E-state index contributed by atoms with van der Waals surface area (Å²) in [6, 6.07) is 8.15. The van der Waals surface area contributed by atoms with Gasteiger partial charge in [0.25, 0.3) is 0 Å². The van der Waals surface area contributed by atoms with E-state index in [1.54, 1.807) is 13.1 Å². The van der Waals surface area contributed by atoms with Crippen LogP contribution in [0.4, 0.5) is 0 Å². The fourth-order valence-corrected chi connectivity index (χ4v) is 2.03. The first-order chi connectivity index (χ1) is 10.7. The van der Waals surface area contributed by atoms with Gasteiger partial charge in [-0.2, -0.15) is 4.98 Å². The topological polar surface area (TPSA) is 64.5 Å². The van der Waals surface area contributed by atoms with Crippen molar-refractivity contribution >= 4 is 16.9 Å². The van der Waals surface area contributed by atoms with Gasteiger partial charge in [0, 0.05) is 18.1 Å². The van der Waals surface area contributed by atoms with Crippen molar-refractivity contribution in [3.63, 3.8) is 0 Å². The number of hydrogen-bond donors (Lipinski definition) is 0. The molecule has 2 rings (SSSR count). The SMILES string of the molecule is CCOC(=O)CN(C)CCCOc1ncc2ccccc2n1. The predicted octanol–water partition coefficient (Wildman–Crippen LogP) is 1.89. The number of rotatable bonds is 8. The molecule has 1 heterocycles. The highest BCUT2D eigenvalue weighted by atomic mass is 16.5. The maximum atomic E-state index is 11.3. The van der Waals surface area contributed by atoms with Crippen LogP contribution in [-0.4, -0.2) is 54.2 Å². The molecule has 0 saturated carbocycles. The molecule has 0 aliphatic heterocycles. The monoisotopic (exact) mass is 303 g/mol. The zero-order valence-electron chi connectivity index (χ0n) is 13.0. The van der Waals surface area contributed by atoms with E-state index in [4.69, 9.17) is 9.47 Å². The normalized spacial score (nSPS) is 10.9. The first kappa shape index (κ1) is 16.2. The molecule has 0 fully saturated rings. The molecule has 0 bridgehead atoms. The molecule has 0 saturated heterocycles. The van der Waals surface area contributed by atoms with Crippen LogP contribution in [0.3, 0.4) is 0 Å². The minimum absolute atomic E-state index is 0.205. The maximum Gasteiger partial charge on any atom is 0.320 e. The molecule has 0 amide bonds. The minimum Gasteiger partial charge on any atom is -0.465 e. The quantitative estimate of drug-likeness (QED) is 0.548. The standard InChI is InChI=1S/C16H21N3O3/c1-3-21-15(20)12-19(2)9-6-10-22-16-17-11-13-7-4-5-8-14(13)18-16/h4-5,7-8,11H,3,6,9-10,12H2,1-2H3. The Balaban J connectivity index is 1.72. The van der Waals surface area contributed by atoms with Gasteiger partial charge in [-0.15, -0.1) is 0 Å². The lowest BCUT2D eigenvalue weighted by Gasteiger charge is -2.15. The van der Waals surface area contributed by atoms with Gasteiger partial charge in [-0.25, -0.2) is 4.98 Å². The van der Waals surface area contributed by atoms with Gasteiger partial charge in [-0.1, -0.05) is 18.2 Å². The van der Waals surface area contributed by atoms with Crippen LogP contribution in [0.25, 0.3) is 10.9 Å². The Morgan fingerprint density at radius 2 is 2.14 bits per heavy atom. The van der Waals surface area contributed by atoms with E-state index in [-0.39, 0.29) is 5.97 Å². The van der Waals surface area contributed by atoms with Crippen molar-refractivity contribution in [1.29, 1.82) is 0 Å². The van der Waals surface area contributed by atoms with Gasteiger partial charge in [-0.05, 0) is 26.5 Å². The third-order valence-electron chi connectivity index (χ3n) is 3.09. The number of ether oxygens (including phenoxy) is 2. The van der Waals surface area contributed by atoms with E-state index in [9.17, 15) is 4.79 Å². The summed E-state index contributed by atoms with van der Waals surface area (Å²) in [5.41, 5.74) is 0.868. The van der Waals surface area contributed by atoms with Crippen LogP contribution in [-0.2, 0) is 9.53 Å². The number of benzene rings is 1. The Labute approximate surface area is 130 Å². The molecule has 1 aromatic heterocycles. The zero-order valence-corrected chi connectivity index (χ0v) is 13.0. The van der Waals surface area contributed by atoms with E-state index >= 15 is 0 Å². The summed E-state index contributed by atoms with van der Waals surface area (Å²) in [5.74, 6) is -0.205. The average Bonchev–Trinajstić information content (AvgIpc) is 2.51. The fourth-order valence-electron chi connectivity index (χ4n) is 2.03. The molecular formula is C16H21N3O3. The number of likely N-dealkylation sites (N-methyl/N-ethyl adjacent to an activating group) is 1. The van der Waals surface area contributed by atoms with Gasteiger partial charge in [0.1, 0.15) is 0 Å². The Morgan fingerprint density at radius 3 is 2.95 bits per heavy atom. The number of esters is 1. The van der Waals surface area contributed by atoms with Crippen molar-refractivity contribution in [3.8, 4) is 6.01 Å². The third-order valence-corrected chi connectivity index (χ3v) is 3.09. The maximum absolute atomic E-state index is 11.3. The molecule has 0 spiro atoms. The summed E-state index contributed by atoms with van der Waals surface area (Å²) in [6.45, 7) is 3.75. The first-order valence-electron chi connectivity index (χ1n) is 7.38. The largest absolute Gasteiger partial charge is 0.465 e. The molecule has 0 atom stereocenters. The number of fused-ring (bicyclic) bond motifs is 1. The predicted molar refractivity (Wildman–Crippen MR) is 83.8 cm³/mol. The van der Waals surface area contributed by atoms with Crippen LogP contribution >= 0.6 is 0 Å². The molecule has 2 aromatic rings. The number of aromatic nitrogens is 2. The Hall–Kier alpha value is -2.21. The lowest BCUT2D eigenvalue weighted by molar-refractivity contribution is -0.144. The summed E-state index contributed by atoms with van der Waals surface area (Å²) < 4.78 is 10.4. The third kappa shape index (κ3) is 4.96. The van der Waals surface area contributed by atoms with Crippen molar-refractivity contribution in [1.82, 2.24) is 14.9 Å². The molecule has 0 unspecified atom stereocenters. The van der Waals surface area contributed by atoms with Crippen molar-refractivity contribution < 1.29 is 14.3 Å². The molecule has 0 aliphatic carbocycles. The number of nitrogens with zero attached hydrogens (tertiary/aromatic N) is 3. The van der Waals surface area contributed by atoms with Gasteiger partial charge < -0.3 is 9.47 Å². The summed E-state index contributed by atoms with van der Waals surface area (Å²) >= 11 is 0. The molecule has 0 aliphatic rings. The van der Waals surface area contributed by atoms with Gasteiger partial charge in [0.15, 0.2) is 0 Å². The van der Waals surface area contributed by atoms with Crippen LogP contribution in [0, 0.1) is 0 Å². The molecule has 118 valence electrons. The lowest BCUT2D eigenvalue weighted by atomic mass is 10.2. The van der Waals surface area contributed by atoms with Crippen molar-refractivity contribution in [2.24, 2.45) is 0 Å². The molecule has 0 radical (unpaired) electrons. The van der Waals surface area contributed by atoms with Gasteiger partial charge in [0.05, 0.1) is 25.3 Å². The second-order valence-corrected chi connectivity index (χ2v) is 4.96. The number of carbonyl (C=O) groups is 1. The lowest BCUT2D eigenvalue weighted by Crippen LogP contribution is -2.29. The van der Waals surface area contributed by atoms with E-state index < -0.39 is 0 Å². The first-order valence-corrected chi connectivity index (χ1v) is 7.38. The molecule has 1 aromatic carbocycles. The molecule has 6 heteroatoms. The smallest absolute Gasteiger partial charge is 0.320 e. The minimum atomic E-state index is -0.205. The number of carbonyl (C=O) groups excluding carboxylic acids is 1. The molecular weight excluding hydrogens is 282 g/mol. The van der Waals surface area contributed by atoms with Gasteiger partial charge >= 0.3 is 12.0 Å². The van der Waals surface area contributed by atoms with E-state index in [2.05, 4.69) is 9.97 Å². The zero-order chi connectivity index (χ0) is 15.8.